The van der Waals surface area contributed by atoms with E-state index in [0.29, 0.717) is 17.0 Å². The molecule has 2 aromatic rings. The number of ketones is 1. The molecule has 0 saturated heterocycles. The number of aryl methyl sites for hydroxylation is 1. The summed E-state index contributed by atoms with van der Waals surface area (Å²) in [4.78, 5) is 15.9. The third kappa shape index (κ3) is 3.40. The number of Topliss-reactive ketones (excluding diaryl/α,β-unsaturated/α-hetero) is 1. The molecule has 17 heavy (non-hydrogen) atoms. The molecule has 0 aliphatic carbocycles. The fraction of sp³-hybridized carbons (Fsp3) is 0.143. The maximum Gasteiger partial charge on any atom is 0.163 e. The third-order valence-corrected chi connectivity index (χ3v) is 2.78. The van der Waals surface area contributed by atoms with E-state index in [-0.39, 0.29) is 5.78 Å². The highest BCUT2D eigenvalue weighted by Gasteiger charge is 2.05. The smallest absolute Gasteiger partial charge is 0.163 e. The first-order valence-electron chi connectivity index (χ1n) is 5.43. The molecule has 2 nitrogen and oxygen atoms in total. The molecule has 0 radical (unpaired) electrons. The minimum Gasteiger partial charge on any atom is -0.294 e. The minimum atomic E-state index is 0.130. The summed E-state index contributed by atoms with van der Waals surface area (Å²) in [6, 6.07) is 10.8. The van der Waals surface area contributed by atoms with Gasteiger partial charge in [0.1, 0.15) is 0 Å². The molecule has 3 heteroatoms. The van der Waals surface area contributed by atoms with Crippen molar-refractivity contribution in [3.05, 3.63) is 64.9 Å². The van der Waals surface area contributed by atoms with E-state index in [1.807, 2.05) is 12.1 Å². The van der Waals surface area contributed by atoms with Crippen LogP contribution in [-0.2, 0) is 6.42 Å². The van der Waals surface area contributed by atoms with E-state index in [9.17, 15) is 4.79 Å². The van der Waals surface area contributed by atoms with E-state index in [1.54, 1.807) is 36.7 Å². The van der Waals surface area contributed by atoms with Gasteiger partial charge in [0, 0.05) is 29.4 Å². The van der Waals surface area contributed by atoms with Gasteiger partial charge in [-0.15, -0.1) is 0 Å². The number of carbonyl (C=O) groups is 1. The van der Waals surface area contributed by atoms with Crippen molar-refractivity contribution in [2.24, 2.45) is 0 Å². The molecule has 0 amide bonds. The van der Waals surface area contributed by atoms with Crippen molar-refractivity contribution in [3.8, 4) is 0 Å². The monoisotopic (exact) mass is 245 g/mol. The molecule has 0 atom stereocenters. The molecule has 0 aliphatic rings. The van der Waals surface area contributed by atoms with E-state index < -0.39 is 0 Å². The second kappa shape index (κ2) is 5.60. The Morgan fingerprint density at radius 3 is 2.59 bits per heavy atom. The van der Waals surface area contributed by atoms with Gasteiger partial charge in [0.25, 0.3) is 0 Å². The molecule has 0 spiro atoms. The molecule has 1 aromatic heterocycles. The molecule has 0 N–H and O–H groups in total. The topological polar surface area (TPSA) is 30.0 Å². The summed E-state index contributed by atoms with van der Waals surface area (Å²) in [5.74, 6) is 0.130. The van der Waals surface area contributed by atoms with Crippen molar-refractivity contribution < 1.29 is 4.79 Å². The predicted molar refractivity (Wildman–Crippen MR) is 68.3 cm³/mol. The molecule has 0 bridgehead atoms. The standard InChI is InChI=1S/C14H12ClNO/c15-13-6-4-12(5-7-13)14(17)8-3-11-2-1-9-16-10-11/h1-2,4-7,9-10H,3,8H2. The number of aromatic nitrogens is 1. The van der Waals surface area contributed by atoms with Crippen molar-refractivity contribution in [2.45, 2.75) is 12.8 Å². The number of halogens is 1. The molecule has 0 aliphatic heterocycles. The van der Waals surface area contributed by atoms with Gasteiger partial charge in [-0.2, -0.15) is 0 Å². The Balaban J connectivity index is 1.96. The molecule has 0 saturated carbocycles. The van der Waals surface area contributed by atoms with E-state index in [4.69, 9.17) is 11.6 Å². The highest BCUT2D eigenvalue weighted by atomic mass is 35.5. The van der Waals surface area contributed by atoms with Gasteiger partial charge in [-0.1, -0.05) is 17.7 Å². The summed E-state index contributed by atoms with van der Waals surface area (Å²) in [6.45, 7) is 0. The van der Waals surface area contributed by atoms with Crippen LogP contribution in [0.15, 0.2) is 48.8 Å². The maximum absolute atomic E-state index is 11.9. The Hall–Kier alpha value is -1.67. The maximum atomic E-state index is 11.9. The first-order chi connectivity index (χ1) is 8.25. The highest BCUT2D eigenvalue weighted by molar-refractivity contribution is 6.30. The Morgan fingerprint density at radius 2 is 1.94 bits per heavy atom. The van der Waals surface area contributed by atoms with Gasteiger partial charge in [-0.25, -0.2) is 0 Å². The molecule has 0 unspecified atom stereocenters. The lowest BCUT2D eigenvalue weighted by atomic mass is 10.0. The number of hydrogen-bond acceptors (Lipinski definition) is 2. The van der Waals surface area contributed by atoms with Crippen LogP contribution in [0, 0.1) is 0 Å². The molecular formula is C14H12ClNO. The fourth-order valence-electron chi connectivity index (χ4n) is 1.58. The normalized spacial score (nSPS) is 10.2. The number of hydrogen-bond donors (Lipinski definition) is 0. The van der Waals surface area contributed by atoms with Crippen LogP contribution in [-0.4, -0.2) is 10.8 Å². The summed E-state index contributed by atoms with van der Waals surface area (Å²) in [6.07, 6.45) is 4.72. The van der Waals surface area contributed by atoms with Crippen molar-refractivity contribution in [1.82, 2.24) is 4.98 Å². The van der Waals surface area contributed by atoms with Gasteiger partial charge in [0.15, 0.2) is 5.78 Å². The zero-order valence-electron chi connectivity index (χ0n) is 9.27. The van der Waals surface area contributed by atoms with E-state index in [1.165, 1.54) is 0 Å². The van der Waals surface area contributed by atoms with Crippen LogP contribution in [0.2, 0.25) is 5.02 Å². The zero-order chi connectivity index (χ0) is 12.1. The SMILES string of the molecule is O=C(CCc1cccnc1)c1ccc(Cl)cc1. The molecule has 2 rings (SSSR count). The zero-order valence-corrected chi connectivity index (χ0v) is 10.0. The van der Waals surface area contributed by atoms with Gasteiger partial charge in [0.05, 0.1) is 0 Å². The molecular weight excluding hydrogens is 234 g/mol. The van der Waals surface area contributed by atoms with E-state index >= 15 is 0 Å². The Kier molecular flexibility index (Phi) is 3.89. The van der Waals surface area contributed by atoms with Crippen LogP contribution in [0.25, 0.3) is 0 Å². The Bertz CT molecular complexity index is 493. The van der Waals surface area contributed by atoms with Gasteiger partial charge in [0.2, 0.25) is 0 Å². The van der Waals surface area contributed by atoms with Crippen LogP contribution in [0.5, 0.6) is 0 Å². The lowest BCUT2D eigenvalue weighted by Gasteiger charge is -2.01. The lowest BCUT2D eigenvalue weighted by molar-refractivity contribution is 0.0983. The van der Waals surface area contributed by atoms with Gasteiger partial charge >= 0.3 is 0 Å². The lowest BCUT2D eigenvalue weighted by Crippen LogP contribution is -2.01. The van der Waals surface area contributed by atoms with E-state index in [2.05, 4.69) is 4.98 Å². The average Bonchev–Trinajstić information content (AvgIpc) is 2.38. The van der Waals surface area contributed by atoms with Crippen LogP contribution >= 0.6 is 11.6 Å². The summed E-state index contributed by atoms with van der Waals surface area (Å²) in [5, 5.41) is 0.647. The number of rotatable bonds is 4. The van der Waals surface area contributed by atoms with Crippen LogP contribution < -0.4 is 0 Å². The Morgan fingerprint density at radius 1 is 1.18 bits per heavy atom. The summed E-state index contributed by atoms with van der Waals surface area (Å²) in [7, 11) is 0. The second-order valence-corrected chi connectivity index (χ2v) is 4.23. The summed E-state index contributed by atoms with van der Waals surface area (Å²) in [5.41, 5.74) is 1.79. The molecule has 86 valence electrons. The Labute approximate surface area is 105 Å². The second-order valence-electron chi connectivity index (χ2n) is 3.79. The van der Waals surface area contributed by atoms with Crippen molar-refractivity contribution >= 4 is 17.4 Å². The van der Waals surface area contributed by atoms with Crippen LogP contribution in [0.3, 0.4) is 0 Å². The molecule has 1 heterocycles. The van der Waals surface area contributed by atoms with Crippen molar-refractivity contribution in [3.63, 3.8) is 0 Å². The number of benzene rings is 1. The molecule has 1 aromatic carbocycles. The third-order valence-electron chi connectivity index (χ3n) is 2.53. The van der Waals surface area contributed by atoms with Crippen molar-refractivity contribution in [2.75, 3.05) is 0 Å². The number of carbonyl (C=O) groups excluding carboxylic acids is 1. The van der Waals surface area contributed by atoms with Crippen LogP contribution in [0.4, 0.5) is 0 Å². The summed E-state index contributed by atoms with van der Waals surface area (Å²) < 4.78 is 0. The van der Waals surface area contributed by atoms with Crippen LogP contribution in [0.1, 0.15) is 22.3 Å². The number of pyridine rings is 1. The first kappa shape index (κ1) is 11.8. The largest absolute Gasteiger partial charge is 0.294 e. The highest BCUT2D eigenvalue weighted by Crippen LogP contribution is 2.12. The number of nitrogens with zero attached hydrogens (tertiary/aromatic N) is 1. The first-order valence-corrected chi connectivity index (χ1v) is 5.81. The van der Waals surface area contributed by atoms with Crippen molar-refractivity contribution in [1.29, 1.82) is 0 Å². The molecule has 0 fully saturated rings. The van der Waals surface area contributed by atoms with E-state index in [0.717, 1.165) is 12.0 Å². The average molecular weight is 246 g/mol. The van der Waals surface area contributed by atoms with Gasteiger partial charge in [-0.3, -0.25) is 9.78 Å². The summed E-state index contributed by atoms with van der Waals surface area (Å²) >= 11 is 5.77. The fourth-order valence-corrected chi connectivity index (χ4v) is 1.71. The quantitative estimate of drug-likeness (QED) is 0.771. The van der Waals surface area contributed by atoms with Gasteiger partial charge in [-0.05, 0) is 42.3 Å². The minimum absolute atomic E-state index is 0.130. The predicted octanol–water partition coefficient (Wildman–Crippen LogP) is 3.55. The van der Waals surface area contributed by atoms with Gasteiger partial charge < -0.3 is 0 Å².